The molecule has 0 amide bonds. The highest BCUT2D eigenvalue weighted by Crippen LogP contribution is 2.68. The second-order valence-corrected chi connectivity index (χ2v) is 12.3. The molecule has 0 saturated heterocycles. The monoisotopic (exact) mass is 458 g/mol. The normalized spacial score (nSPS) is 39.4. The van der Waals surface area contributed by atoms with E-state index in [0.29, 0.717) is 17.5 Å². The van der Waals surface area contributed by atoms with Crippen molar-refractivity contribution in [2.24, 2.45) is 28.9 Å². The first-order valence-electron chi connectivity index (χ1n) is 13.2. The third-order valence-electron chi connectivity index (χ3n) is 9.79. The van der Waals surface area contributed by atoms with Crippen molar-refractivity contribution in [1.82, 2.24) is 5.32 Å². The van der Waals surface area contributed by atoms with Crippen LogP contribution in [0.5, 0.6) is 0 Å². The fraction of sp³-hybridized carbons (Fsp3) is 0.567. The summed E-state index contributed by atoms with van der Waals surface area (Å²) in [4.78, 5) is 1.19. The van der Waals surface area contributed by atoms with Crippen molar-refractivity contribution in [1.29, 1.82) is 0 Å². The average molecular weight is 459 g/mol. The molecule has 7 rings (SSSR count). The smallest absolute Gasteiger partial charge is 0.0818 e. The molecule has 2 nitrogen and oxygen atoms in total. The van der Waals surface area contributed by atoms with E-state index in [4.69, 9.17) is 18.0 Å². The molecule has 2 aromatic carbocycles. The SMILES string of the molecule is NC1CCC(NC(=S)C23CC4CC(c5ccccc5)(CC(C2)C4Cc2ccccc2)C3)CC1. The largest absolute Gasteiger partial charge is 0.376 e. The molecule has 2 unspecified atom stereocenters. The fourth-order valence-corrected chi connectivity index (χ4v) is 8.87. The molecule has 2 atom stereocenters. The molecule has 4 bridgehead atoms. The number of nitrogens with one attached hydrogen (secondary N) is 1. The standard InChI is InChI=1S/C30H38N2S/c31-25-11-13-26(14-12-25)32-28(33)30-18-22-16-29(20-30,24-9-5-2-6-10-24)17-23(19-30)27(22)15-21-7-3-1-4-8-21/h1-10,22-23,25-27H,11-20,31H2,(H,32,33). The van der Waals surface area contributed by atoms with E-state index in [0.717, 1.165) is 30.6 Å². The Bertz CT molecular complexity index is 963. The molecular formula is C30H38N2S. The molecule has 0 aliphatic heterocycles. The van der Waals surface area contributed by atoms with Crippen molar-refractivity contribution >= 4 is 17.2 Å². The highest BCUT2D eigenvalue weighted by molar-refractivity contribution is 7.80. The minimum atomic E-state index is 0.184. The van der Waals surface area contributed by atoms with E-state index < -0.39 is 0 Å². The summed E-state index contributed by atoms with van der Waals surface area (Å²) in [7, 11) is 0. The molecule has 5 aliphatic carbocycles. The van der Waals surface area contributed by atoms with Crippen LogP contribution in [0.15, 0.2) is 60.7 Å². The Hall–Kier alpha value is -1.71. The van der Waals surface area contributed by atoms with Crippen LogP contribution in [-0.2, 0) is 11.8 Å². The molecule has 33 heavy (non-hydrogen) atoms. The number of nitrogens with two attached hydrogens (primary N) is 1. The van der Waals surface area contributed by atoms with Gasteiger partial charge in [0.25, 0.3) is 0 Å². The van der Waals surface area contributed by atoms with Gasteiger partial charge in [-0.1, -0.05) is 72.9 Å². The van der Waals surface area contributed by atoms with Gasteiger partial charge in [-0.3, -0.25) is 0 Å². The van der Waals surface area contributed by atoms with E-state index in [1.807, 2.05) is 0 Å². The number of thiocarbonyl (C=S) groups is 1. The van der Waals surface area contributed by atoms with E-state index >= 15 is 0 Å². The molecule has 3 heteroatoms. The zero-order valence-electron chi connectivity index (χ0n) is 19.7. The van der Waals surface area contributed by atoms with E-state index in [9.17, 15) is 0 Å². The van der Waals surface area contributed by atoms with E-state index in [1.165, 1.54) is 61.9 Å². The van der Waals surface area contributed by atoms with Gasteiger partial charge in [0.1, 0.15) is 0 Å². The Morgan fingerprint density at radius 3 is 2.09 bits per heavy atom. The third kappa shape index (κ3) is 3.96. The van der Waals surface area contributed by atoms with Gasteiger partial charge in [-0.15, -0.1) is 0 Å². The highest BCUT2D eigenvalue weighted by Gasteiger charge is 2.62. The van der Waals surface area contributed by atoms with E-state index in [2.05, 4.69) is 66.0 Å². The first-order chi connectivity index (χ1) is 16.1. The second-order valence-electron chi connectivity index (χ2n) is 11.9. The maximum Gasteiger partial charge on any atom is 0.0818 e. The molecule has 0 aromatic heterocycles. The zero-order chi connectivity index (χ0) is 22.5. The Morgan fingerprint density at radius 2 is 1.45 bits per heavy atom. The number of hydrogen-bond donors (Lipinski definition) is 2. The molecule has 5 aliphatic rings. The van der Waals surface area contributed by atoms with Gasteiger partial charge in [0, 0.05) is 17.5 Å². The summed E-state index contributed by atoms with van der Waals surface area (Å²) in [5, 5.41) is 3.91. The van der Waals surface area contributed by atoms with Crippen molar-refractivity contribution in [3.05, 3.63) is 71.8 Å². The lowest BCUT2D eigenvalue weighted by Crippen LogP contribution is -2.62. The van der Waals surface area contributed by atoms with Gasteiger partial charge in [0.05, 0.1) is 4.99 Å². The summed E-state index contributed by atoms with van der Waals surface area (Å²) in [6, 6.07) is 23.5. The van der Waals surface area contributed by atoms with Gasteiger partial charge in [-0.2, -0.15) is 0 Å². The molecule has 5 saturated carbocycles. The first-order valence-corrected chi connectivity index (χ1v) is 13.6. The van der Waals surface area contributed by atoms with Crippen molar-refractivity contribution in [2.75, 3.05) is 0 Å². The summed E-state index contributed by atoms with van der Waals surface area (Å²) in [5.41, 5.74) is 9.74. The maximum atomic E-state index is 6.28. The van der Waals surface area contributed by atoms with Gasteiger partial charge >= 0.3 is 0 Å². The molecule has 0 spiro atoms. The average Bonchev–Trinajstić information content (AvgIpc) is 2.84. The first kappa shape index (κ1) is 21.8. The number of rotatable bonds is 5. The van der Waals surface area contributed by atoms with Gasteiger partial charge in [-0.25, -0.2) is 0 Å². The predicted molar refractivity (Wildman–Crippen MR) is 140 cm³/mol. The summed E-state index contributed by atoms with van der Waals surface area (Å²) < 4.78 is 0. The van der Waals surface area contributed by atoms with Crippen molar-refractivity contribution in [2.45, 2.75) is 81.7 Å². The minimum Gasteiger partial charge on any atom is -0.376 e. The van der Waals surface area contributed by atoms with Crippen LogP contribution in [0.1, 0.15) is 68.9 Å². The fourth-order valence-electron chi connectivity index (χ4n) is 8.46. The maximum absolute atomic E-state index is 6.28. The van der Waals surface area contributed by atoms with Crippen LogP contribution < -0.4 is 11.1 Å². The Labute approximate surface area is 204 Å². The van der Waals surface area contributed by atoms with Crippen molar-refractivity contribution < 1.29 is 0 Å². The summed E-state index contributed by atoms with van der Waals surface area (Å²) in [6.45, 7) is 0. The van der Waals surface area contributed by atoms with Crippen LogP contribution in [-0.4, -0.2) is 17.1 Å². The molecule has 174 valence electrons. The highest BCUT2D eigenvalue weighted by atomic mass is 32.1. The summed E-state index contributed by atoms with van der Waals surface area (Å²) in [5.74, 6) is 2.34. The van der Waals surface area contributed by atoms with Crippen LogP contribution >= 0.6 is 12.2 Å². The molecule has 0 heterocycles. The van der Waals surface area contributed by atoms with Crippen molar-refractivity contribution in [3.63, 3.8) is 0 Å². The van der Waals surface area contributed by atoms with E-state index in [-0.39, 0.29) is 5.41 Å². The lowest BCUT2D eigenvalue weighted by atomic mass is 9.39. The Balaban J connectivity index is 1.29. The topological polar surface area (TPSA) is 38.0 Å². The number of benzene rings is 2. The van der Waals surface area contributed by atoms with Crippen LogP contribution in [0.3, 0.4) is 0 Å². The lowest BCUT2D eigenvalue weighted by molar-refractivity contribution is -0.0811. The molecule has 5 fully saturated rings. The molecule has 0 radical (unpaired) electrons. The Morgan fingerprint density at radius 1 is 0.848 bits per heavy atom. The zero-order valence-corrected chi connectivity index (χ0v) is 20.5. The summed E-state index contributed by atoms with van der Waals surface area (Å²) >= 11 is 6.28. The quantitative estimate of drug-likeness (QED) is 0.525. The number of hydrogen-bond acceptors (Lipinski definition) is 2. The van der Waals surface area contributed by atoms with Crippen LogP contribution in [0, 0.1) is 23.2 Å². The molecular weight excluding hydrogens is 420 g/mol. The lowest BCUT2D eigenvalue weighted by Gasteiger charge is -2.65. The van der Waals surface area contributed by atoms with Gasteiger partial charge in [-0.05, 0) is 98.5 Å². The van der Waals surface area contributed by atoms with E-state index in [1.54, 1.807) is 5.56 Å². The Kier molecular flexibility index (Phi) is 5.62. The van der Waals surface area contributed by atoms with Gasteiger partial charge in [0.15, 0.2) is 0 Å². The van der Waals surface area contributed by atoms with Crippen molar-refractivity contribution in [3.8, 4) is 0 Å². The second kappa shape index (κ2) is 8.50. The summed E-state index contributed by atoms with van der Waals surface area (Å²) in [6.07, 6.45) is 12.3. The third-order valence-corrected chi connectivity index (χ3v) is 10.3. The van der Waals surface area contributed by atoms with Crippen LogP contribution in [0.25, 0.3) is 0 Å². The predicted octanol–water partition coefficient (Wildman–Crippen LogP) is 6.18. The minimum absolute atomic E-state index is 0.184. The molecule has 2 aromatic rings. The van der Waals surface area contributed by atoms with Gasteiger partial charge < -0.3 is 11.1 Å². The molecule has 3 N–H and O–H groups in total. The van der Waals surface area contributed by atoms with Gasteiger partial charge in [0.2, 0.25) is 0 Å². The van der Waals surface area contributed by atoms with Crippen LogP contribution in [0.4, 0.5) is 0 Å². The van der Waals surface area contributed by atoms with Crippen LogP contribution in [0.2, 0.25) is 0 Å².